The predicted octanol–water partition coefficient (Wildman–Crippen LogP) is 3.40. The minimum absolute atomic E-state index is 0.0529. The first kappa shape index (κ1) is 11.6. The quantitative estimate of drug-likeness (QED) is 0.441. The molecule has 0 aromatic carbocycles. The summed E-state index contributed by atoms with van der Waals surface area (Å²) in [6.07, 6.45) is 3.32. The van der Waals surface area contributed by atoms with Crippen LogP contribution < -0.4 is 0 Å². The summed E-state index contributed by atoms with van der Waals surface area (Å²) < 4.78 is 29.4. The third-order valence-electron chi connectivity index (χ3n) is 2.31. The van der Waals surface area contributed by atoms with Crippen LogP contribution in [0.25, 0.3) is 0 Å². The molecule has 4 heteroatoms. The first-order chi connectivity index (χ1) is 6.20. The van der Waals surface area contributed by atoms with E-state index in [9.17, 15) is 8.78 Å². The Kier molecular flexibility index (Phi) is 5.47. The lowest BCUT2D eigenvalue weighted by Gasteiger charge is -2.20. The van der Waals surface area contributed by atoms with Crippen LogP contribution in [0.5, 0.6) is 0 Å². The number of rotatable bonds is 3. The summed E-state index contributed by atoms with van der Waals surface area (Å²) in [5.74, 6) is 0. The van der Waals surface area contributed by atoms with Gasteiger partial charge in [-0.05, 0) is 12.8 Å². The van der Waals surface area contributed by atoms with E-state index in [4.69, 9.17) is 4.74 Å². The highest BCUT2D eigenvalue weighted by Crippen LogP contribution is 2.26. The van der Waals surface area contributed by atoms with E-state index in [1.807, 2.05) is 0 Å². The molecule has 0 saturated heterocycles. The molecule has 2 unspecified atom stereocenters. The molecule has 0 aromatic heterocycles. The second-order valence-electron chi connectivity index (χ2n) is 3.42. The second-order valence-corrected chi connectivity index (χ2v) is 5.02. The first-order valence-corrected chi connectivity index (χ1v) is 5.98. The van der Waals surface area contributed by atoms with Crippen LogP contribution in [-0.4, -0.2) is 23.1 Å². The topological polar surface area (TPSA) is 9.23 Å². The summed E-state index contributed by atoms with van der Waals surface area (Å²) in [4.78, 5) is 0. The van der Waals surface area contributed by atoms with Crippen LogP contribution in [0.4, 0.5) is 8.78 Å². The number of halogens is 3. The van der Waals surface area contributed by atoms with Gasteiger partial charge in [0.15, 0.2) is 0 Å². The Balaban J connectivity index is 2.27. The molecule has 0 N–H and O–H groups in total. The number of hydrogen-bond donors (Lipinski definition) is 0. The lowest BCUT2D eigenvalue weighted by Crippen LogP contribution is -2.25. The van der Waals surface area contributed by atoms with Gasteiger partial charge in [-0.3, -0.25) is 0 Å². The summed E-state index contributed by atoms with van der Waals surface area (Å²) in [6, 6.07) is 0. The van der Waals surface area contributed by atoms with E-state index >= 15 is 0 Å². The van der Waals surface area contributed by atoms with Gasteiger partial charge < -0.3 is 4.74 Å². The van der Waals surface area contributed by atoms with Crippen LogP contribution in [0.15, 0.2) is 0 Å². The molecule has 2 atom stereocenters. The smallest absolute Gasteiger partial charge is 0.261 e. The number of hydrogen-bond acceptors (Lipinski definition) is 1. The van der Waals surface area contributed by atoms with E-state index < -0.39 is 13.0 Å². The average Bonchev–Trinajstić information content (AvgIpc) is 2.27. The fraction of sp³-hybridized carbons (Fsp3) is 1.00. The maximum absolute atomic E-state index is 11.9. The van der Waals surface area contributed by atoms with Crippen molar-refractivity contribution < 1.29 is 13.5 Å². The minimum Gasteiger partial charge on any atom is -0.371 e. The van der Waals surface area contributed by atoms with Crippen molar-refractivity contribution in [2.75, 3.05) is 6.61 Å². The Morgan fingerprint density at radius 1 is 1.23 bits per heavy atom. The Bertz CT molecular complexity index is 144. The number of alkyl halides is 3. The van der Waals surface area contributed by atoms with Crippen LogP contribution in [0.1, 0.15) is 32.1 Å². The van der Waals surface area contributed by atoms with Crippen molar-refractivity contribution in [3.05, 3.63) is 0 Å². The van der Waals surface area contributed by atoms with E-state index in [-0.39, 0.29) is 6.10 Å². The number of ether oxygens (including phenoxy) is 1. The predicted molar refractivity (Wildman–Crippen MR) is 56.6 cm³/mol. The zero-order valence-corrected chi connectivity index (χ0v) is 9.67. The molecule has 0 heterocycles. The summed E-state index contributed by atoms with van der Waals surface area (Å²) >= 11 is 2.32. The zero-order chi connectivity index (χ0) is 9.68. The summed E-state index contributed by atoms with van der Waals surface area (Å²) in [6.45, 7) is -0.399. The van der Waals surface area contributed by atoms with Gasteiger partial charge in [0.25, 0.3) is 6.43 Å². The fourth-order valence-corrected chi connectivity index (χ4v) is 2.62. The first-order valence-electron chi connectivity index (χ1n) is 4.74. The molecule has 0 radical (unpaired) electrons. The van der Waals surface area contributed by atoms with Gasteiger partial charge in [0.1, 0.15) is 6.61 Å². The van der Waals surface area contributed by atoms with E-state index in [0.717, 1.165) is 19.3 Å². The SMILES string of the molecule is FC(F)COC1CCCCCC1I. The van der Waals surface area contributed by atoms with Gasteiger partial charge in [-0.2, -0.15) is 0 Å². The molecule has 0 spiro atoms. The molecule has 0 amide bonds. The lowest BCUT2D eigenvalue weighted by molar-refractivity contribution is -0.0250. The van der Waals surface area contributed by atoms with Crippen LogP contribution in [0, 0.1) is 0 Å². The fourth-order valence-electron chi connectivity index (χ4n) is 1.61. The zero-order valence-electron chi connectivity index (χ0n) is 7.52. The highest BCUT2D eigenvalue weighted by molar-refractivity contribution is 14.1. The molecule has 1 saturated carbocycles. The summed E-state index contributed by atoms with van der Waals surface area (Å²) in [5, 5.41) is 0. The Labute approximate surface area is 91.4 Å². The van der Waals surface area contributed by atoms with Crippen molar-refractivity contribution in [1.82, 2.24) is 0 Å². The molecule has 13 heavy (non-hydrogen) atoms. The van der Waals surface area contributed by atoms with Crippen LogP contribution in [0.3, 0.4) is 0 Å². The standard InChI is InChI=1S/C9H15F2IO/c10-9(11)6-13-8-5-3-1-2-4-7(8)12/h7-9H,1-6H2. The second kappa shape index (κ2) is 6.11. The van der Waals surface area contributed by atoms with Gasteiger partial charge in [-0.25, -0.2) is 8.78 Å². The molecule has 0 bridgehead atoms. The van der Waals surface area contributed by atoms with Gasteiger partial charge in [-0.15, -0.1) is 0 Å². The highest BCUT2D eigenvalue weighted by Gasteiger charge is 2.22. The molecule has 1 aliphatic carbocycles. The van der Waals surface area contributed by atoms with Crippen molar-refractivity contribution in [2.24, 2.45) is 0 Å². The van der Waals surface area contributed by atoms with Crippen molar-refractivity contribution in [2.45, 2.75) is 48.6 Å². The molecule has 1 rings (SSSR count). The monoisotopic (exact) mass is 304 g/mol. The van der Waals surface area contributed by atoms with Crippen LogP contribution in [0.2, 0.25) is 0 Å². The third-order valence-corrected chi connectivity index (χ3v) is 3.73. The minimum atomic E-state index is -2.33. The van der Waals surface area contributed by atoms with Crippen molar-refractivity contribution in [1.29, 1.82) is 0 Å². The van der Waals surface area contributed by atoms with Crippen LogP contribution >= 0.6 is 22.6 Å². The van der Waals surface area contributed by atoms with Gasteiger partial charge in [-0.1, -0.05) is 41.9 Å². The van der Waals surface area contributed by atoms with Gasteiger partial charge in [0.2, 0.25) is 0 Å². The van der Waals surface area contributed by atoms with E-state index in [1.54, 1.807) is 0 Å². The molecular formula is C9H15F2IO. The summed E-state index contributed by atoms with van der Waals surface area (Å²) in [5.41, 5.74) is 0. The Hall–Kier alpha value is 0.550. The molecule has 1 nitrogen and oxygen atoms in total. The van der Waals surface area contributed by atoms with Gasteiger partial charge >= 0.3 is 0 Å². The van der Waals surface area contributed by atoms with Gasteiger partial charge in [0, 0.05) is 3.92 Å². The average molecular weight is 304 g/mol. The van der Waals surface area contributed by atoms with Crippen molar-refractivity contribution in [3.8, 4) is 0 Å². The van der Waals surface area contributed by atoms with Crippen LogP contribution in [-0.2, 0) is 4.74 Å². The molecule has 0 aliphatic heterocycles. The van der Waals surface area contributed by atoms with Crippen molar-refractivity contribution in [3.63, 3.8) is 0 Å². The third kappa shape index (κ3) is 4.54. The molecule has 78 valence electrons. The molecule has 0 aromatic rings. The Morgan fingerprint density at radius 2 is 1.92 bits per heavy atom. The molecule has 1 fully saturated rings. The van der Waals surface area contributed by atoms with E-state index in [1.165, 1.54) is 12.8 Å². The lowest BCUT2D eigenvalue weighted by atomic mass is 10.1. The van der Waals surface area contributed by atoms with E-state index in [2.05, 4.69) is 22.6 Å². The largest absolute Gasteiger partial charge is 0.371 e. The van der Waals surface area contributed by atoms with Gasteiger partial charge in [0.05, 0.1) is 6.10 Å². The van der Waals surface area contributed by atoms with E-state index in [0.29, 0.717) is 3.92 Å². The Morgan fingerprint density at radius 3 is 2.62 bits per heavy atom. The molecular weight excluding hydrogens is 289 g/mol. The maximum Gasteiger partial charge on any atom is 0.261 e. The summed E-state index contributed by atoms with van der Waals surface area (Å²) in [7, 11) is 0. The normalized spacial score (nSPS) is 30.5. The maximum atomic E-state index is 11.9. The highest BCUT2D eigenvalue weighted by atomic mass is 127. The molecule has 1 aliphatic rings. The van der Waals surface area contributed by atoms with Crippen molar-refractivity contribution >= 4 is 22.6 Å².